The molecule has 0 radical (unpaired) electrons. The van der Waals surface area contributed by atoms with E-state index < -0.39 is 18.1 Å². The Morgan fingerprint density at radius 3 is 2.85 bits per heavy atom. The predicted octanol–water partition coefficient (Wildman–Crippen LogP) is 1.46. The Balaban J connectivity index is 2.71. The van der Waals surface area contributed by atoms with Crippen LogP contribution >= 0.6 is 15.9 Å². The molecule has 0 aliphatic carbocycles. The highest BCUT2D eigenvalue weighted by Crippen LogP contribution is 2.22. The first kappa shape index (κ1) is 16.0. The molecule has 0 aromatic carbocycles. The number of aromatic nitrogens is 1. The van der Waals surface area contributed by atoms with Gasteiger partial charge in [-0.3, -0.25) is 4.98 Å². The molecule has 3 N–H and O–H groups in total. The van der Waals surface area contributed by atoms with Gasteiger partial charge >= 0.3 is 12.1 Å². The summed E-state index contributed by atoms with van der Waals surface area (Å²) < 4.78 is 5.04. The average molecular weight is 345 g/mol. The maximum atomic E-state index is 11.3. The Bertz CT molecular complexity index is 521. The van der Waals surface area contributed by atoms with Crippen molar-refractivity contribution in [2.75, 3.05) is 6.61 Å². The van der Waals surface area contributed by atoms with E-state index in [4.69, 9.17) is 5.11 Å². The zero-order chi connectivity index (χ0) is 15.1. The molecule has 0 aliphatic heterocycles. The Morgan fingerprint density at radius 1 is 1.60 bits per heavy atom. The summed E-state index contributed by atoms with van der Waals surface area (Å²) in [6, 6.07) is 0.290. The Labute approximate surface area is 123 Å². The van der Waals surface area contributed by atoms with Crippen LogP contribution in [0.1, 0.15) is 5.69 Å². The number of hydrogen-bond donors (Lipinski definition) is 3. The number of pyridine rings is 1. The van der Waals surface area contributed by atoms with Gasteiger partial charge in [0.05, 0.1) is 10.7 Å². The number of ether oxygens (including phenoxy) is 1. The van der Waals surface area contributed by atoms with E-state index in [0.717, 1.165) is 0 Å². The topological polar surface area (TPSA) is 109 Å². The number of aromatic hydroxyl groups is 1. The van der Waals surface area contributed by atoms with Gasteiger partial charge in [0.15, 0.2) is 0 Å². The lowest BCUT2D eigenvalue weighted by molar-refractivity contribution is -0.139. The summed E-state index contributed by atoms with van der Waals surface area (Å²) in [4.78, 5) is 26.3. The van der Waals surface area contributed by atoms with Crippen LogP contribution in [0.5, 0.6) is 5.75 Å². The smallest absolute Gasteiger partial charge is 0.408 e. The van der Waals surface area contributed by atoms with Crippen LogP contribution in [-0.4, -0.2) is 39.9 Å². The van der Waals surface area contributed by atoms with Crippen LogP contribution in [0, 0.1) is 0 Å². The Kier molecular flexibility index (Phi) is 5.98. The molecule has 0 fully saturated rings. The maximum Gasteiger partial charge on any atom is 0.408 e. The second kappa shape index (κ2) is 7.49. The van der Waals surface area contributed by atoms with Crippen LogP contribution in [-0.2, 0) is 16.0 Å². The molecule has 0 saturated carbocycles. The fraction of sp³-hybridized carbons (Fsp3) is 0.250. The SMILES string of the molecule is C=CCOC(=O)NC(Cc1cc(Br)c(O)cn1)C(=O)O. The summed E-state index contributed by atoms with van der Waals surface area (Å²) in [7, 11) is 0. The number of halogens is 1. The summed E-state index contributed by atoms with van der Waals surface area (Å²) in [6.07, 6.45) is 1.66. The quantitative estimate of drug-likeness (QED) is 0.674. The summed E-state index contributed by atoms with van der Waals surface area (Å²) in [5.74, 6) is -1.27. The number of carboxylic acids is 1. The largest absolute Gasteiger partial charge is 0.505 e. The van der Waals surface area contributed by atoms with Crippen molar-refractivity contribution >= 4 is 28.0 Å². The van der Waals surface area contributed by atoms with Crippen molar-refractivity contribution in [1.82, 2.24) is 10.3 Å². The molecule has 1 aromatic rings. The fourth-order valence-electron chi connectivity index (χ4n) is 1.30. The summed E-state index contributed by atoms with van der Waals surface area (Å²) in [5.41, 5.74) is 0.395. The molecule has 1 heterocycles. The molecule has 20 heavy (non-hydrogen) atoms. The van der Waals surface area contributed by atoms with Gasteiger partial charge in [0.2, 0.25) is 0 Å². The zero-order valence-corrected chi connectivity index (χ0v) is 12.0. The summed E-state index contributed by atoms with van der Waals surface area (Å²) in [6.45, 7) is 3.36. The number of aliphatic carboxylic acids is 1. The third kappa shape index (κ3) is 4.88. The van der Waals surface area contributed by atoms with Crippen molar-refractivity contribution in [2.24, 2.45) is 0 Å². The number of carboxylic acid groups (broad SMARTS) is 1. The van der Waals surface area contributed by atoms with Gasteiger partial charge < -0.3 is 20.3 Å². The molecule has 7 nitrogen and oxygen atoms in total. The minimum atomic E-state index is -1.22. The molecule has 108 valence electrons. The van der Waals surface area contributed by atoms with E-state index >= 15 is 0 Å². The van der Waals surface area contributed by atoms with Crippen molar-refractivity contribution in [2.45, 2.75) is 12.5 Å². The molecule has 8 heteroatoms. The van der Waals surface area contributed by atoms with Gasteiger partial charge in [0, 0.05) is 12.1 Å². The highest BCUT2D eigenvalue weighted by Gasteiger charge is 2.22. The molecule has 1 aromatic heterocycles. The normalized spacial score (nSPS) is 11.4. The van der Waals surface area contributed by atoms with E-state index in [2.05, 4.69) is 37.5 Å². The molecule has 0 bridgehead atoms. The van der Waals surface area contributed by atoms with E-state index in [1.807, 2.05) is 0 Å². The van der Waals surface area contributed by atoms with Gasteiger partial charge in [-0.1, -0.05) is 12.7 Å². The van der Waals surface area contributed by atoms with Crippen LogP contribution in [0.25, 0.3) is 0 Å². The third-order valence-corrected chi connectivity index (χ3v) is 2.86. The van der Waals surface area contributed by atoms with Crippen LogP contribution < -0.4 is 5.32 Å². The second-order valence-electron chi connectivity index (χ2n) is 3.75. The molecule has 0 spiro atoms. The molecule has 0 aliphatic rings. The lowest BCUT2D eigenvalue weighted by Gasteiger charge is -2.14. The van der Waals surface area contributed by atoms with Crippen LogP contribution in [0.2, 0.25) is 0 Å². The third-order valence-electron chi connectivity index (χ3n) is 2.23. The van der Waals surface area contributed by atoms with E-state index in [9.17, 15) is 14.7 Å². The van der Waals surface area contributed by atoms with Crippen molar-refractivity contribution in [1.29, 1.82) is 0 Å². The lowest BCUT2D eigenvalue weighted by atomic mass is 10.1. The minimum absolute atomic E-state index is 0.0127. The monoisotopic (exact) mass is 344 g/mol. The molecular formula is C12H13BrN2O5. The van der Waals surface area contributed by atoms with Crippen molar-refractivity contribution in [3.8, 4) is 5.75 Å². The number of hydrogen-bond acceptors (Lipinski definition) is 5. The van der Waals surface area contributed by atoms with Crippen LogP contribution in [0.4, 0.5) is 4.79 Å². The molecule has 1 rings (SSSR count). The number of nitrogens with one attached hydrogen (secondary N) is 1. The molecule has 1 atom stereocenters. The van der Waals surface area contributed by atoms with Gasteiger partial charge in [0.25, 0.3) is 0 Å². The number of amides is 1. The van der Waals surface area contributed by atoms with Gasteiger partial charge in [-0.05, 0) is 22.0 Å². The standard InChI is InChI=1S/C12H13BrN2O5/c1-2-3-20-12(19)15-9(11(17)18)5-7-4-8(13)10(16)6-14-7/h2,4,6,9,16H,1,3,5H2,(H,15,19)(H,17,18). The summed E-state index contributed by atoms with van der Waals surface area (Å²) in [5, 5.41) is 20.6. The van der Waals surface area contributed by atoms with Crippen molar-refractivity contribution < 1.29 is 24.5 Å². The number of carbonyl (C=O) groups is 2. The first-order valence-corrected chi connectivity index (χ1v) is 6.33. The van der Waals surface area contributed by atoms with E-state index in [1.165, 1.54) is 18.3 Å². The highest BCUT2D eigenvalue weighted by atomic mass is 79.9. The van der Waals surface area contributed by atoms with Crippen LogP contribution in [0.3, 0.4) is 0 Å². The van der Waals surface area contributed by atoms with Gasteiger partial charge in [0.1, 0.15) is 18.4 Å². The molecule has 0 saturated heterocycles. The predicted molar refractivity (Wildman–Crippen MR) is 73.4 cm³/mol. The van der Waals surface area contributed by atoms with Crippen molar-refractivity contribution in [3.05, 3.63) is 35.1 Å². The Morgan fingerprint density at radius 2 is 2.30 bits per heavy atom. The second-order valence-corrected chi connectivity index (χ2v) is 4.61. The minimum Gasteiger partial charge on any atom is -0.505 e. The number of rotatable bonds is 6. The zero-order valence-electron chi connectivity index (χ0n) is 10.4. The summed E-state index contributed by atoms with van der Waals surface area (Å²) >= 11 is 3.10. The van der Waals surface area contributed by atoms with E-state index in [-0.39, 0.29) is 18.8 Å². The van der Waals surface area contributed by atoms with E-state index in [0.29, 0.717) is 10.2 Å². The number of nitrogens with zero attached hydrogens (tertiary/aromatic N) is 1. The molecular weight excluding hydrogens is 332 g/mol. The van der Waals surface area contributed by atoms with Gasteiger partial charge in [-0.2, -0.15) is 0 Å². The lowest BCUT2D eigenvalue weighted by Crippen LogP contribution is -2.42. The fourth-order valence-corrected chi connectivity index (χ4v) is 1.67. The van der Waals surface area contributed by atoms with Crippen LogP contribution in [0.15, 0.2) is 29.4 Å². The average Bonchev–Trinajstić information content (AvgIpc) is 2.39. The number of carbonyl (C=O) groups excluding carboxylic acids is 1. The van der Waals surface area contributed by atoms with Gasteiger partial charge in [-0.15, -0.1) is 0 Å². The van der Waals surface area contributed by atoms with Crippen molar-refractivity contribution in [3.63, 3.8) is 0 Å². The highest BCUT2D eigenvalue weighted by molar-refractivity contribution is 9.10. The first-order valence-electron chi connectivity index (χ1n) is 5.54. The van der Waals surface area contributed by atoms with E-state index in [1.54, 1.807) is 0 Å². The van der Waals surface area contributed by atoms with Gasteiger partial charge in [-0.25, -0.2) is 9.59 Å². The first-order chi connectivity index (χ1) is 9.43. The number of alkyl carbamates (subject to hydrolysis) is 1. The maximum absolute atomic E-state index is 11.3. The molecule has 1 amide bonds. The Hall–Kier alpha value is -2.09. The molecule has 1 unspecified atom stereocenters.